The summed E-state index contributed by atoms with van der Waals surface area (Å²) in [5.41, 5.74) is 3.12. The predicted molar refractivity (Wildman–Crippen MR) is 139 cm³/mol. The third-order valence-electron chi connectivity index (χ3n) is 5.83. The summed E-state index contributed by atoms with van der Waals surface area (Å²) in [7, 11) is 6.15. The number of rotatable bonds is 8. The van der Waals surface area contributed by atoms with Crippen molar-refractivity contribution in [1.82, 2.24) is 0 Å². The Balaban J connectivity index is 1.70. The molecule has 36 heavy (non-hydrogen) atoms. The molecule has 0 fully saturated rings. The monoisotopic (exact) mass is 486 g/mol. The van der Waals surface area contributed by atoms with E-state index in [0.29, 0.717) is 45.3 Å². The van der Waals surface area contributed by atoms with E-state index in [1.165, 1.54) is 20.3 Å². The van der Waals surface area contributed by atoms with Gasteiger partial charge < -0.3 is 23.4 Å². The van der Waals surface area contributed by atoms with Gasteiger partial charge in [-0.3, -0.25) is 4.79 Å². The standard InChI is InChI=1S/C29H26O7/c1-17-12-18(6-9-23(30)20-8-11-25(33-3)27(16-20)35-5)13-21-14-22(29(31)36-28(17)21)19-7-10-24(32-2)26(15-19)34-4/h6-16H,1-5H3/b9-6+. The third kappa shape index (κ3) is 4.81. The molecule has 4 aromatic rings. The van der Waals surface area contributed by atoms with Crippen LogP contribution in [0.2, 0.25) is 0 Å². The highest BCUT2D eigenvalue weighted by Crippen LogP contribution is 2.33. The summed E-state index contributed by atoms with van der Waals surface area (Å²) in [6.07, 6.45) is 3.23. The van der Waals surface area contributed by atoms with Crippen LogP contribution in [0.5, 0.6) is 23.0 Å². The number of fused-ring (bicyclic) bond motifs is 1. The molecule has 184 valence electrons. The van der Waals surface area contributed by atoms with Crippen molar-refractivity contribution < 1.29 is 28.2 Å². The Bertz CT molecular complexity index is 1530. The molecule has 0 radical (unpaired) electrons. The van der Waals surface area contributed by atoms with Crippen LogP contribution in [0.25, 0.3) is 28.2 Å². The normalized spacial score (nSPS) is 11.0. The molecule has 0 atom stereocenters. The van der Waals surface area contributed by atoms with Gasteiger partial charge in [-0.05, 0) is 78.2 Å². The fourth-order valence-electron chi connectivity index (χ4n) is 4.00. The number of benzene rings is 3. The highest BCUT2D eigenvalue weighted by Gasteiger charge is 2.14. The van der Waals surface area contributed by atoms with Gasteiger partial charge in [0.05, 0.1) is 34.0 Å². The Morgan fingerprint density at radius 2 is 1.42 bits per heavy atom. The first-order valence-electron chi connectivity index (χ1n) is 11.1. The average Bonchev–Trinajstić information content (AvgIpc) is 2.90. The minimum atomic E-state index is -0.454. The van der Waals surface area contributed by atoms with Crippen molar-refractivity contribution in [3.05, 3.63) is 87.8 Å². The van der Waals surface area contributed by atoms with Crippen LogP contribution in [0.3, 0.4) is 0 Å². The molecule has 0 aliphatic rings. The van der Waals surface area contributed by atoms with E-state index in [1.807, 2.05) is 19.1 Å². The molecule has 0 saturated carbocycles. The number of carbonyl (C=O) groups is 1. The zero-order chi connectivity index (χ0) is 25.8. The van der Waals surface area contributed by atoms with Crippen molar-refractivity contribution in [3.8, 4) is 34.1 Å². The predicted octanol–water partition coefficient (Wildman–Crippen LogP) is 5.70. The maximum absolute atomic E-state index is 12.8. The fraction of sp³-hybridized carbons (Fsp3) is 0.172. The van der Waals surface area contributed by atoms with Gasteiger partial charge in [-0.2, -0.15) is 0 Å². The van der Waals surface area contributed by atoms with E-state index >= 15 is 0 Å². The van der Waals surface area contributed by atoms with Crippen LogP contribution >= 0.6 is 0 Å². The molecule has 0 bridgehead atoms. The first-order valence-corrected chi connectivity index (χ1v) is 11.1. The molecular weight excluding hydrogens is 460 g/mol. The lowest BCUT2D eigenvalue weighted by Gasteiger charge is -2.10. The Hall–Kier alpha value is -4.52. The maximum Gasteiger partial charge on any atom is 0.344 e. The lowest BCUT2D eigenvalue weighted by molar-refractivity contribution is 0.104. The molecule has 0 aliphatic heterocycles. The summed E-state index contributed by atoms with van der Waals surface area (Å²) >= 11 is 0. The van der Waals surface area contributed by atoms with E-state index in [0.717, 1.165) is 16.5 Å². The quantitative estimate of drug-likeness (QED) is 0.179. The van der Waals surface area contributed by atoms with Gasteiger partial charge in [0.1, 0.15) is 5.58 Å². The number of hydrogen-bond acceptors (Lipinski definition) is 7. The molecular formula is C29H26O7. The molecule has 0 N–H and O–H groups in total. The van der Waals surface area contributed by atoms with Crippen molar-refractivity contribution in [2.24, 2.45) is 0 Å². The van der Waals surface area contributed by atoms with E-state index < -0.39 is 5.63 Å². The highest BCUT2D eigenvalue weighted by molar-refractivity contribution is 6.07. The van der Waals surface area contributed by atoms with E-state index in [9.17, 15) is 9.59 Å². The number of allylic oxidation sites excluding steroid dienone is 1. The van der Waals surface area contributed by atoms with Gasteiger partial charge in [0, 0.05) is 10.9 Å². The molecule has 4 rings (SSSR count). The Morgan fingerprint density at radius 3 is 2.08 bits per heavy atom. The van der Waals surface area contributed by atoms with E-state index in [1.54, 1.807) is 62.8 Å². The molecule has 0 aliphatic carbocycles. The second kappa shape index (κ2) is 10.4. The van der Waals surface area contributed by atoms with Crippen molar-refractivity contribution in [2.45, 2.75) is 6.92 Å². The zero-order valence-corrected chi connectivity index (χ0v) is 20.7. The number of methoxy groups -OCH3 is 4. The smallest absolute Gasteiger partial charge is 0.344 e. The number of hydrogen-bond donors (Lipinski definition) is 0. The average molecular weight is 487 g/mol. The van der Waals surface area contributed by atoms with Gasteiger partial charge in [-0.1, -0.05) is 12.1 Å². The number of carbonyl (C=O) groups excluding carboxylic acids is 1. The van der Waals surface area contributed by atoms with E-state index in [2.05, 4.69) is 0 Å². The van der Waals surface area contributed by atoms with E-state index in [-0.39, 0.29) is 5.78 Å². The van der Waals surface area contributed by atoms with Crippen LogP contribution in [0.15, 0.2) is 69.9 Å². The van der Waals surface area contributed by atoms with Gasteiger partial charge in [0.25, 0.3) is 0 Å². The number of aryl methyl sites for hydroxylation is 1. The summed E-state index contributed by atoms with van der Waals surface area (Å²) < 4.78 is 26.8. The SMILES string of the molecule is COc1ccc(C(=O)/C=C/c2cc(C)c3oc(=O)c(-c4ccc(OC)c(OC)c4)cc3c2)cc1OC. The van der Waals surface area contributed by atoms with Crippen LogP contribution in [0, 0.1) is 6.92 Å². The van der Waals surface area contributed by atoms with Gasteiger partial charge in [-0.15, -0.1) is 0 Å². The first kappa shape index (κ1) is 24.6. The summed E-state index contributed by atoms with van der Waals surface area (Å²) in [5.74, 6) is 1.93. The fourth-order valence-corrected chi connectivity index (χ4v) is 4.00. The molecule has 0 amide bonds. The van der Waals surface area contributed by atoms with E-state index in [4.69, 9.17) is 23.4 Å². The van der Waals surface area contributed by atoms with Gasteiger partial charge >= 0.3 is 5.63 Å². The van der Waals surface area contributed by atoms with Gasteiger partial charge in [0.2, 0.25) is 0 Å². The van der Waals surface area contributed by atoms with Crippen LogP contribution in [-0.4, -0.2) is 34.2 Å². The summed E-state index contributed by atoms with van der Waals surface area (Å²) in [6.45, 7) is 1.86. The molecule has 7 heteroatoms. The molecule has 0 unspecified atom stereocenters. The minimum Gasteiger partial charge on any atom is -0.493 e. The lowest BCUT2D eigenvalue weighted by Crippen LogP contribution is -2.04. The third-order valence-corrected chi connectivity index (χ3v) is 5.83. The largest absolute Gasteiger partial charge is 0.493 e. The van der Waals surface area contributed by atoms with Crippen molar-refractivity contribution in [2.75, 3.05) is 28.4 Å². The molecule has 0 spiro atoms. The van der Waals surface area contributed by atoms with Crippen molar-refractivity contribution in [3.63, 3.8) is 0 Å². The maximum atomic E-state index is 12.8. The summed E-state index contributed by atoms with van der Waals surface area (Å²) in [5, 5.41) is 0.734. The second-order valence-corrected chi connectivity index (χ2v) is 8.04. The molecule has 0 saturated heterocycles. The molecule has 3 aromatic carbocycles. The van der Waals surface area contributed by atoms with Crippen LogP contribution in [-0.2, 0) is 0 Å². The molecule has 7 nitrogen and oxygen atoms in total. The van der Waals surface area contributed by atoms with Crippen LogP contribution < -0.4 is 24.6 Å². The molecule has 1 aromatic heterocycles. The summed E-state index contributed by atoms with van der Waals surface area (Å²) in [4.78, 5) is 25.5. The minimum absolute atomic E-state index is 0.181. The Labute approximate surface area is 208 Å². The highest BCUT2D eigenvalue weighted by atomic mass is 16.5. The summed E-state index contributed by atoms with van der Waals surface area (Å²) in [6, 6.07) is 15.8. The lowest BCUT2D eigenvalue weighted by atomic mass is 10.0. The van der Waals surface area contributed by atoms with Crippen LogP contribution in [0.1, 0.15) is 21.5 Å². The van der Waals surface area contributed by atoms with Crippen molar-refractivity contribution in [1.29, 1.82) is 0 Å². The zero-order valence-electron chi connectivity index (χ0n) is 20.7. The van der Waals surface area contributed by atoms with Crippen molar-refractivity contribution >= 4 is 22.8 Å². The topological polar surface area (TPSA) is 84.2 Å². The van der Waals surface area contributed by atoms with Gasteiger partial charge in [-0.25, -0.2) is 4.79 Å². The number of ether oxygens (including phenoxy) is 4. The molecule has 1 heterocycles. The second-order valence-electron chi connectivity index (χ2n) is 8.04. The number of ketones is 1. The Morgan fingerprint density at radius 1 is 0.778 bits per heavy atom. The Kier molecular flexibility index (Phi) is 7.10. The van der Waals surface area contributed by atoms with Crippen LogP contribution in [0.4, 0.5) is 0 Å². The first-order chi connectivity index (χ1) is 17.4. The van der Waals surface area contributed by atoms with Gasteiger partial charge in [0.15, 0.2) is 28.8 Å².